The standard InChI is InChI=1S/C10H12ClN/c1-10(6-9(10)12)7-3-2-4-8(11)5-7/h2-5,9H,6,12H2,1H3/t9-,10?/m1/s1. The van der Waals surface area contributed by atoms with Gasteiger partial charge in [0.1, 0.15) is 0 Å². The second-order valence-electron chi connectivity index (χ2n) is 3.74. The second-order valence-corrected chi connectivity index (χ2v) is 4.17. The van der Waals surface area contributed by atoms with Gasteiger partial charge in [-0.1, -0.05) is 30.7 Å². The Bertz CT molecular complexity index is 310. The van der Waals surface area contributed by atoms with Gasteiger partial charge in [-0.25, -0.2) is 0 Å². The Balaban J connectivity index is 2.36. The molecule has 0 aromatic heterocycles. The quantitative estimate of drug-likeness (QED) is 0.707. The summed E-state index contributed by atoms with van der Waals surface area (Å²) in [6.45, 7) is 2.18. The summed E-state index contributed by atoms with van der Waals surface area (Å²) in [5.41, 5.74) is 7.29. The molecule has 1 unspecified atom stereocenters. The predicted octanol–water partition coefficient (Wildman–Crippen LogP) is 2.33. The lowest BCUT2D eigenvalue weighted by Gasteiger charge is -2.09. The van der Waals surface area contributed by atoms with Crippen molar-refractivity contribution in [3.63, 3.8) is 0 Å². The van der Waals surface area contributed by atoms with Gasteiger partial charge in [0.2, 0.25) is 0 Å². The van der Waals surface area contributed by atoms with Gasteiger partial charge >= 0.3 is 0 Å². The Labute approximate surface area is 77.5 Å². The molecule has 1 aromatic rings. The highest BCUT2D eigenvalue weighted by Crippen LogP contribution is 2.46. The van der Waals surface area contributed by atoms with E-state index in [1.54, 1.807) is 0 Å². The van der Waals surface area contributed by atoms with Crippen LogP contribution in [0, 0.1) is 0 Å². The van der Waals surface area contributed by atoms with Crippen molar-refractivity contribution >= 4 is 11.6 Å². The smallest absolute Gasteiger partial charge is 0.0408 e. The molecule has 0 aliphatic heterocycles. The topological polar surface area (TPSA) is 26.0 Å². The van der Waals surface area contributed by atoms with E-state index in [0.29, 0.717) is 6.04 Å². The molecule has 1 aliphatic rings. The van der Waals surface area contributed by atoms with Crippen LogP contribution in [0.25, 0.3) is 0 Å². The van der Waals surface area contributed by atoms with Crippen LogP contribution >= 0.6 is 11.6 Å². The van der Waals surface area contributed by atoms with Crippen LogP contribution in [0.4, 0.5) is 0 Å². The van der Waals surface area contributed by atoms with Crippen molar-refractivity contribution in [2.45, 2.75) is 24.8 Å². The zero-order chi connectivity index (χ0) is 8.77. The van der Waals surface area contributed by atoms with Gasteiger partial charge < -0.3 is 5.73 Å². The van der Waals surface area contributed by atoms with Crippen LogP contribution in [0.3, 0.4) is 0 Å². The number of nitrogens with two attached hydrogens (primary N) is 1. The van der Waals surface area contributed by atoms with E-state index in [9.17, 15) is 0 Å². The minimum Gasteiger partial charge on any atom is -0.327 e. The van der Waals surface area contributed by atoms with Crippen molar-refractivity contribution in [3.8, 4) is 0 Å². The monoisotopic (exact) mass is 181 g/mol. The number of hydrogen-bond acceptors (Lipinski definition) is 1. The molecule has 0 spiro atoms. The Hall–Kier alpha value is -0.530. The Kier molecular flexibility index (Phi) is 1.67. The van der Waals surface area contributed by atoms with E-state index in [1.165, 1.54) is 5.56 Å². The van der Waals surface area contributed by atoms with Crippen molar-refractivity contribution in [1.29, 1.82) is 0 Å². The maximum Gasteiger partial charge on any atom is 0.0408 e. The highest BCUT2D eigenvalue weighted by Gasteiger charge is 2.48. The van der Waals surface area contributed by atoms with E-state index in [0.717, 1.165) is 11.4 Å². The summed E-state index contributed by atoms with van der Waals surface area (Å²) >= 11 is 5.89. The maximum atomic E-state index is 5.89. The molecule has 1 saturated carbocycles. The minimum absolute atomic E-state index is 0.185. The maximum absolute atomic E-state index is 5.89. The molecule has 0 heterocycles. The van der Waals surface area contributed by atoms with Crippen LogP contribution in [-0.2, 0) is 5.41 Å². The molecule has 2 rings (SSSR count). The van der Waals surface area contributed by atoms with E-state index >= 15 is 0 Å². The first-order valence-corrected chi connectivity index (χ1v) is 4.52. The molecular formula is C10H12ClN. The molecule has 0 radical (unpaired) electrons. The van der Waals surface area contributed by atoms with Gasteiger partial charge in [0.25, 0.3) is 0 Å². The fraction of sp³-hybridized carbons (Fsp3) is 0.400. The summed E-state index contributed by atoms with van der Waals surface area (Å²) < 4.78 is 0. The molecule has 1 nitrogen and oxygen atoms in total. The summed E-state index contributed by atoms with van der Waals surface area (Å²) in [4.78, 5) is 0. The van der Waals surface area contributed by atoms with Crippen molar-refractivity contribution in [3.05, 3.63) is 34.9 Å². The fourth-order valence-corrected chi connectivity index (χ4v) is 1.76. The lowest BCUT2D eigenvalue weighted by atomic mass is 9.98. The minimum atomic E-state index is 0.185. The summed E-state index contributed by atoms with van der Waals surface area (Å²) in [5, 5.41) is 0.799. The Morgan fingerprint density at radius 1 is 1.58 bits per heavy atom. The van der Waals surface area contributed by atoms with Crippen LogP contribution < -0.4 is 5.73 Å². The van der Waals surface area contributed by atoms with Gasteiger partial charge in [0.05, 0.1) is 0 Å². The summed E-state index contributed by atoms with van der Waals surface area (Å²) in [5.74, 6) is 0. The van der Waals surface area contributed by atoms with Crippen molar-refractivity contribution in [2.75, 3.05) is 0 Å². The van der Waals surface area contributed by atoms with Gasteiger partial charge in [0.15, 0.2) is 0 Å². The van der Waals surface area contributed by atoms with E-state index in [-0.39, 0.29) is 5.41 Å². The number of rotatable bonds is 1. The highest BCUT2D eigenvalue weighted by atomic mass is 35.5. The lowest BCUT2D eigenvalue weighted by molar-refractivity contribution is 0.741. The Morgan fingerprint density at radius 2 is 2.25 bits per heavy atom. The zero-order valence-electron chi connectivity index (χ0n) is 7.05. The first kappa shape index (κ1) is 8.09. The van der Waals surface area contributed by atoms with Gasteiger partial charge in [0, 0.05) is 16.5 Å². The third-order valence-electron chi connectivity index (χ3n) is 2.79. The molecule has 2 atom stereocenters. The van der Waals surface area contributed by atoms with Gasteiger partial charge in [-0.3, -0.25) is 0 Å². The van der Waals surface area contributed by atoms with Crippen LogP contribution in [0.15, 0.2) is 24.3 Å². The summed E-state index contributed by atoms with van der Waals surface area (Å²) in [6, 6.07) is 8.29. The predicted molar refractivity (Wildman–Crippen MR) is 51.4 cm³/mol. The van der Waals surface area contributed by atoms with E-state index in [4.69, 9.17) is 17.3 Å². The van der Waals surface area contributed by atoms with Crippen molar-refractivity contribution < 1.29 is 0 Å². The number of benzene rings is 1. The first-order valence-electron chi connectivity index (χ1n) is 4.14. The van der Waals surface area contributed by atoms with E-state index < -0.39 is 0 Å². The molecule has 1 aromatic carbocycles. The number of hydrogen-bond donors (Lipinski definition) is 1. The Morgan fingerprint density at radius 3 is 2.75 bits per heavy atom. The van der Waals surface area contributed by atoms with Gasteiger partial charge in [-0.15, -0.1) is 0 Å². The third kappa shape index (κ3) is 1.13. The molecule has 2 heteroatoms. The fourth-order valence-electron chi connectivity index (χ4n) is 1.57. The molecule has 0 bridgehead atoms. The highest BCUT2D eigenvalue weighted by molar-refractivity contribution is 6.30. The van der Waals surface area contributed by atoms with Crippen LogP contribution in [0.1, 0.15) is 18.9 Å². The lowest BCUT2D eigenvalue weighted by Crippen LogP contribution is -2.14. The second kappa shape index (κ2) is 2.48. The molecule has 0 saturated heterocycles. The molecule has 64 valence electrons. The molecule has 12 heavy (non-hydrogen) atoms. The van der Waals surface area contributed by atoms with E-state index in [2.05, 4.69) is 13.0 Å². The SMILES string of the molecule is CC1(c2cccc(Cl)c2)C[C@H]1N. The van der Waals surface area contributed by atoms with Crippen LogP contribution in [0.2, 0.25) is 5.02 Å². The molecular weight excluding hydrogens is 170 g/mol. The molecule has 2 N–H and O–H groups in total. The average molecular weight is 182 g/mol. The summed E-state index contributed by atoms with van der Waals surface area (Å²) in [7, 11) is 0. The molecule has 1 aliphatic carbocycles. The van der Waals surface area contributed by atoms with E-state index in [1.807, 2.05) is 18.2 Å². The van der Waals surface area contributed by atoms with Crippen LogP contribution in [0.5, 0.6) is 0 Å². The van der Waals surface area contributed by atoms with Gasteiger partial charge in [-0.05, 0) is 24.1 Å². The van der Waals surface area contributed by atoms with Crippen molar-refractivity contribution in [1.82, 2.24) is 0 Å². The summed E-state index contributed by atoms with van der Waals surface area (Å²) in [6.07, 6.45) is 1.08. The number of halogens is 1. The van der Waals surface area contributed by atoms with Crippen LogP contribution in [-0.4, -0.2) is 6.04 Å². The first-order chi connectivity index (χ1) is 5.63. The average Bonchev–Trinajstić information content (AvgIpc) is 2.61. The third-order valence-corrected chi connectivity index (χ3v) is 3.02. The zero-order valence-corrected chi connectivity index (χ0v) is 7.81. The van der Waals surface area contributed by atoms with Crippen molar-refractivity contribution in [2.24, 2.45) is 5.73 Å². The molecule has 0 amide bonds. The molecule has 1 fully saturated rings. The van der Waals surface area contributed by atoms with Gasteiger partial charge in [-0.2, -0.15) is 0 Å². The largest absolute Gasteiger partial charge is 0.327 e. The normalized spacial score (nSPS) is 33.4.